The van der Waals surface area contributed by atoms with Crippen LogP contribution >= 0.6 is 0 Å². The molecule has 2 aromatic rings. The number of benzene rings is 1. The lowest BCUT2D eigenvalue weighted by Gasteiger charge is -2.06. The smallest absolute Gasteiger partial charge is 0.339 e. The minimum absolute atomic E-state index is 0.0725. The number of hydrogen-bond acceptors (Lipinski definition) is 3. The Morgan fingerprint density at radius 3 is 2.62 bits per heavy atom. The lowest BCUT2D eigenvalue weighted by atomic mass is 10.0. The van der Waals surface area contributed by atoms with Crippen molar-refractivity contribution in [3.05, 3.63) is 46.8 Å². The van der Waals surface area contributed by atoms with Crippen molar-refractivity contribution >= 4 is 5.97 Å². The van der Waals surface area contributed by atoms with Gasteiger partial charge in [0.15, 0.2) is 0 Å². The zero-order valence-electron chi connectivity index (χ0n) is 12.2. The van der Waals surface area contributed by atoms with E-state index in [0.717, 1.165) is 23.2 Å². The lowest BCUT2D eigenvalue weighted by Crippen LogP contribution is -2.06. The average molecular weight is 286 g/mol. The van der Waals surface area contributed by atoms with Crippen LogP contribution in [0.2, 0.25) is 0 Å². The quantitative estimate of drug-likeness (QED) is 0.942. The SMILES string of the molecule is Cc1cc(C)cc(-n2cc(C(=O)O)c(C3CCOC3)n2)c1. The molecule has 1 fully saturated rings. The van der Waals surface area contributed by atoms with Gasteiger partial charge < -0.3 is 9.84 Å². The van der Waals surface area contributed by atoms with Gasteiger partial charge in [-0.3, -0.25) is 0 Å². The largest absolute Gasteiger partial charge is 0.478 e. The molecule has 5 nitrogen and oxygen atoms in total. The standard InChI is InChI=1S/C16H18N2O3/c1-10-5-11(2)7-13(6-10)18-8-14(16(19)20)15(17-18)12-3-4-21-9-12/h5-8,12H,3-4,9H2,1-2H3,(H,19,20). The normalized spacial score (nSPS) is 18.1. The number of nitrogens with zero attached hydrogens (tertiary/aromatic N) is 2. The Balaban J connectivity index is 2.07. The van der Waals surface area contributed by atoms with E-state index in [1.807, 2.05) is 26.0 Å². The lowest BCUT2D eigenvalue weighted by molar-refractivity contribution is 0.0695. The van der Waals surface area contributed by atoms with Crippen LogP contribution in [0.4, 0.5) is 0 Å². The Hall–Kier alpha value is -2.14. The van der Waals surface area contributed by atoms with Gasteiger partial charge in [0.2, 0.25) is 0 Å². The molecular weight excluding hydrogens is 268 g/mol. The highest BCUT2D eigenvalue weighted by molar-refractivity contribution is 5.89. The average Bonchev–Trinajstić information content (AvgIpc) is 3.06. The first-order valence-corrected chi connectivity index (χ1v) is 7.04. The molecule has 0 bridgehead atoms. The van der Waals surface area contributed by atoms with E-state index in [1.54, 1.807) is 10.9 Å². The van der Waals surface area contributed by atoms with Crippen LogP contribution in [-0.4, -0.2) is 34.1 Å². The molecular formula is C16H18N2O3. The molecule has 0 amide bonds. The van der Waals surface area contributed by atoms with E-state index in [4.69, 9.17) is 4.74 Å². The van der Waals surface area contributed by atoms with Gasteiger partial charge in [-0.25, -0.2) is 9.48 Å². The number of rotatable bonds is 3. The zero-order chi connectivity index (χ0) is 15.0. The van der Waals surface area contributed by atoms with Crippen molar-refractivity contribution in [3.8, 4) is 5.69 Å². The van der Waals surface area contributed by atoms with Crippen molar-refractivity contribution in [2.45, 2.75) is 26.2 Å². The first kappa shape index (κ1) is 13.8. The van der Waals surface area contributed by atoms with Gasteiger partial charge >= 0.3 is 5.97 Å². The maximum atomic E-state index is 11.5. The molecule has 1 aliphatic rings. The highest BCUT2D eigenvalue weighted by atomic mass is 16.5. The molecule has 1 aliphatic heterocycles. The summed E-state index contributed by atoms with van der Waals surface area (Å²) >= 11 is 0. The Bertz CT molecular complexity index is 665. The summed E-state index contributed by atoms with van der Waals surface area (Å²) in [7, 11) is 0. The number of hydrogen-bond donors (Lipinski definition) is 1. The Morgan fingerprint density at radius 2 is 2.05 bits per heavy atom. The van der Waals surface area contributed by atoms with Gasteiger partial charge in [-0.15, -0.1) is 0 Å². The molecule has 1 saturated heterocycles. The minimum atomic E-state index is -0.937. The molecule has 2 heterocycles. The molecule has 110 valence electrons. The molecule has 0 saturated carbocycles. The maximum absolute atomic E-state index is 11.5. The van der Waals surface area contributed by atoms with Crippen molar-refractivity contribution in [1.82, 2.24) is 9.78 Å². The van der Waals surface area contributed by atoms with Gasteiger partial charge in [0.05, 0.1) is 18.0 Å². The van der Waals surface area contributed by atoms with Crippen molar-refractivity contribution in [1.29, 1.82) is 0 Å². The predicted octanol–water partition coefficient (Wildman–Crippen LogP) is 2.69. The van der Waals surface area contributed by atoms with Gasteiger partial charge in [0.25, 0.3) is 0 Å². The number of aromatic nitrogens is 2. The van der Waals surface area contributed by atoms with Crippen molar-refractivity contribution in [3.63, 3.8) is 0 Å². The number of carbonyl (C=O) groups is 1. The molecule has 5 heteroatoms. The molecule has 1 N–H and O–H groups in total. The van der Waals surface area contributed by atoms with Crippen LogP contribution in [0.25, 0.3) is 5.69 Å². The fraction of sp³-hybridized carbons (Fsp3) is 0.375. The van der Waals surface area contributed by atoms with Crippen LogP contribution in [0.5, 0.6) is 0 Å². The molecule has 0 aliphatic carbocycles. The summed E-state index contributed by atoms with van der Waals surface area (Å²) in [4.78, 5) is 11.5. The van der Waals surface area contributed by atoms with Gasteiger partial charge in [-0.2, -0.15) is 5.10 Å². The third kappa shape index (κ3) is 2.69. The van der Waals surface area contributed by atoms with Crippen molar-refractivity contribution in [2.75, 3.05) is 13.2 Å². The highest BCUT2D eigenvalue weighted by Gasteiger charge is 2.27. The third-order valence-corrected chi connectivity index (χ3v) is 3.76. The molecule has 3 rings (SSSR count). The first-order valence-electron chi connectivity index (χ1n) is 7.04. The fourth-order valence-electron chi connectivity index (χ4n) is 2.82. The number of carboxylic acid groups (broad SMARTS) is 1. The predicted molar refractivity (Wildman–Crippen MR) is 78.2 cm³/mol. The number of aromatic carboxylic acids is 1. The minimum Gasteiger partial charge on any atom is -0.478 e. The van der Waals surface area contributed by atoms with Crippen LogP contribution in [0.1, 0.15) is 39.5 Å². The van der Waals surface area contributed by atoms with E-state index in [1.165, 1.54) is 0 Å². The number of aryl methyl sites for hydroxylation is 2. The van der Waals surface area contributed by atoms with Crippen molar-refractivity contribution < 1.29 is 14.6 Å². The number of ether oxygens (including phenoxy) is 1. The Morgan fingerprint density at radius 1 is 1.33 bits per heavy atom. The maximum Gasteiger partial charge on any atom is 0.339 e. The highest BCUT2D eigenvalue weighted by Crippen LogP contribution is 2.28. The van der Waals surface area contributed by atoms with Gasteiger partial charge in [-0.1, -0.05) is 6.07 Å². The summed E-state index contributed by atoms with van der Waals surface area (Å²) in [5.74, 6) is -0.865. The van der Waals surface area contributed by atoms with E-state index in [-0.39, 0.29) is 11.5 Å². The summed E-state index contributed by atoms with van der Waals surface area (Å²) in [6.45, 7) is 5.25. The molecule has 1 atom stereocenters. The van der Waals surface area contributed by atoms with Crippen LogP contribution in [-0.2, 0) is 4.74 Å². The Labute approximate surface area is 123 Å². The van der Waals surface area contributed by atoms with Gasteiger partial charge in [0.1, 0.15) is 5.56 Å². The molecule has 1 aromatic carbocycles. The second kappa shape index (κ2) is 5.33. The first-order chi connectivity index (χ1) is 10.0. The van der Waals surface area contributed by atoms with E-state index in [2.05, 4.69) is 11.2 Å². The van der Waals surface area contributed by atoms with E-state index < -0.39 is 5.97 Å². The zero-order valence-corrected chi connectivity index (χ0v) is 12.2. The molecule has 0 radical (unpaired) electrons. The summed E-state index contributed by atoms with van der Waals surface area (Å²) in [5.41, 5.74) is 4.04. The van der Waals surface area contributed by atoms with Crippen molar-refractivity contribution in [2.24, 2.45) is 0 Å². The van der Waals surface area contributed by atoms with E-state index >= 15 is 0 Å². The van der Waals surface area contributed by atoms with Crippen LogP contribution < -0.4 is 0 Å². The third-order valence-electron chi connectivity index (χ3n) is 3.76. The second-order valence-electron chi connectivity index (χ2n) is 5.58. The molecule has 1 unspecified atom stereocenters. The van der Waals surface area contributed by atoms with Crippen LogP contribution in [0.3, 0.4) is 0 Å². The molecule has 0 spiro atoms. The number of carboxylic acids is 1. The van der Waals surface area contributed by atoms with Gasteiger partial charge in [0, 0.05) is 18.7 Å². The summed E-state index contributed by atoms with van der Waals surface area (Å²) in [6.07, 6.45) is 2.42. The van der Waals surface area contributed by atoms with Crippen LogP contribution in [0, 0.1) is 13.8 Å². The van der Waals surface area contributed by atoms with Gasteiger partial charge in [-0.05, 0) is 43.5 Å². The summed E-state index contributed by atoms with van der Waals surface area (Å²) < 4.78 is 7.02. The monoisotopic (exact) mass is 286 g/mol. The fourth-order valence-corrected chi connectivity index (χ4v) is 2.82. The van der Waals surface area contributed by atoms with E-state index in [0.29, 0.717) is 18.9 Å². The van der Waals surface area contributed by atoms with E-state index in [9.17, 15) is 9.90 Å². The summed E-state index contributed by atoms with van der Waals surface area (Å²) in [5, 5.41) is 13.9. The van der Waals surface area contributed by atoms with Crippen LogP contribution in [0.15, 0.2) is 24.4 Å². The molecule has 21 heavy (non-hydrogen) atoms. The summed E-state index contributed by atoms with van der Waals surface area (Å²) in [6, 6.07) is 6.08. The topological polar surface area (TPSA) is 64.4 Å². The molecule has 1 aromatic heterocycles. The second-order valence-corrected chi connectivity index (χ2v) is 5.58. The Kier molecular flexibility index (Phi) is 3.51.